The van der Waals surface area contributed by atoms with Gasteiger partial charge in [0, 0.05) is 18.6 Å². The summed E-state index contributed by atoms with van der Waals surface area (Å²) in [6.45, 7) is 0. The lowest BCUT2D eigenvalue weighted by molar-refractivity contribution is -0.671. The molecule has 3 aromatic rings. The fraction of sp³-hybridized carbons (Fsp3) is 0.148. The summed E-state index contributed by atoms with van der Waals surface area (Å²) in [5.74, 6) is 0.794. The Balaban J connectivity index is 1.38. The first-order valence-electron chi connectivity index (χ1n) is 10.8. The fourth-order valence-corrected chi connectivity index (χ4v) is 3.28. The third-order valence-corrected chi connectivity index (χ3v) is 5.19. The summed E-state index contributed by atoms with van der Waals surface area (Å²) in [4.78, 5) is 0. The van der Waals surface area contributed by atoms with Crippen molar-refractivity contribution in [2.75, 3.05) is 7.11 Å². The lowest BCUT2D eigenvalue weighted by Gasteiger charge is -2.11. The van der Waals surface area contributed by atoms with Crippen molar-refractivity contribution < 1.29 is 9.30 Å². The van der Waals surface area contributed by atoms with Crippen molar-refractivity contribution in [1.82, 2.24) is 0 Å². The summed E-state index contributed by atoms with van der Waals surface area (Å²) in [5.41, 5.74) is 5.94. The highest BCUT2D eigenvalue weighted by molar-refractivity contribution is 6.02. The number of azo groups is 1. The van der Waals surface area contributed by atoms with Crippen LogP contribution in [0, 0.1) is 0 Å². The van der Waals surface area contributed by atoms with Gasteiger partial charge < -0.3 is 4.74 Å². The number of pyridine rings is 1. The summed E-state index contributed by atoms with van der Waals surface area (Å²) in [6, 6.07) is 19.4. The maximum atomic E-state index is 5.15. The predicted molar refractivity (Wildman–Crippen MR) is 132 cm³/mol. The SMILES string of the molecule is COc1ccc(N=Nc2ccc(/C=N/N=C3/CC=CC=C3Cc3cc[n+](C)cc3)cc2)cc1. The van der Waals surface area contributed by atoms with E-state index in [1.165, 1.54) is 11.1 Å². The molecule has 0 radical (unpaired) electrons. The predicted octanol–water partition coefficient (Wildman–Crippen LogP) is 5.84. The molecule has 164 valence electrons. The van der Waals surface area contributed by atoms with Gasteiger partial charge in [0.15, 0.2) is 12.4 Å². The zero-order chi connectivity index (χ0) is 22.9. The van der Waals surface area contributed by atoms with Crippen LogP contribution in [0.1, 0.15) is 17.5 Å². The van der Waals surface area contributed by atoms with Gasteiger partial charge in [-0.2, -0.15) is 20.4 Å². The first-order chi connectivity index (χ1) is 16.2. The number of allylic oxidation sites excluding steroid dienone is 4. The summed E-state index contributed by atoms with van der Waals surface area (Å²) < 4.78 is 7.18. The number of aryl methyl sites for hydroxylation is 1. The van der Waals surface area contributed by atoms with Gasteiger partial charge in [-0.3, -0.25) is 0 Å². The quantitative estimate of drug-likeness (QED) is 0.199. The van der Waals surface area contributed by atoms with Crippen LogP contribution in [0.5, 0.6) is 5.75 Å². The van der Waals surface area contributed by atoms with E-state index in [4.69, 9.17) is 4.74 Å². The van der Waals surface area contributed by atoms with E-state index in [1.807, 2.05) is 60.1 Å². The van der Waals surface area contributed by atoms with Crippen molar-refractivity contribution in [2.24, 2.45) is 27.5 Å². The lowest BCUT2D eigenvalue weighted by atomic mass is 9.96. The largest absolute Gasteiger partial charge is 0.497 e. The molecular weight excluding hydrogens is 410 g/mol. The van der Waals surface area contributed by atoms with Crippen LogP contribution in [0.2, 0.25) is 0 Å². The van der Waals surface area contributed by atoms with E-state index < -0.39 is 0 Å². The number of hydrogen-bond acceptors (Lipinski definition) is 5. The van der Waals surface area contributed by atoms with Crippen molar-refractivity contribution >= 4 is 23.3 Å². The van der Waals surface area contributed by atoms with Crippen LogP contribution in [0.25, 0.3) is 0 Å². The molecule has 4 rings (SSSR count). The van der Waals surface area contributed by atoms with E-state index in [2.05, 4.69) is 63.2 Å². The molecule has 1 aliphatic rings. The molecule has 0 N–H and O–H groups in total. The van der Waals surface area contributed by atoms with Crippen LogP contribution in [-0.4, -0.2) is 19.0 Å². The highest BCUT2D eigenvalue weighted by Gasteiger charge is 2.10. The van der Waals surface area contributed by atoms with E-state index in [-0.39, 0.29) is 0 Å². The van der Waals surface area contributed by atoms with Crippen molar-refractivity contribution in [1.29, 1.82) is 0 Å². The minimum atomic E-state index is 0.770. The first-order valence-corrected chi connectivity index (χ1v) is 10.8. The fourth-order valence-electron chi connectivity index (χ4n) is 3.28. The molecule has 0 unspecified atom stereocenters. The summed E-state index contributed by atoms with van der Waals surface area (Å²) >= 11 is 0. The Morgan fingerprint density at radius 3 is 2.24 bits per heavy atom. The van der Waals surface area contributed by atoms with Crippen LogP contribution in [0.15, 0.2) is 117 Å². The molecule has 1 aliphatic carbocycles. The normalized spacial score (nSPS) is 14.8. The maximum Gasteiger partial charge on any atom is 0.168 e. The lowest BCUT2D eigenvalue weighted by Crippen LogP contribution is -2.26. The van der Waals surface area contributed by atoms with Crippen LogP contribution in [0.3, 0.4) is 0 Å². The second-order valence-corrected chi connectivity index (χ2v) is 7.65. The van der Waals surface area contributed by atoms with Crippen LogP contribution in [0.4, 0.5) is 11.4 Å². The summed E-state index contributed by atoms with van der Waals surface area (Å²) in [5, 5.41) is 17.4. The minimum Gasteiger partial charge on any atom is -0.497 e. The van der Waals surface area contributed by atoms with Gasteiger partial charge in [-0.15, -0.1) is 0 Å². The molecule has 1 heterocycles. The monoisotopic (exact) mass is 436 g/mol. The Kier molecular flexibility index (Phi) is 7.28. The highest BCUT2D eigenvalue weighted by Crippen LogP contribution is 2.21. The number of rotatable bonds is 7. The van der Waals surface area contributed by atoms with Crippen LogP contribution >= 0.6 is 0 Å². The second kappa shape index (κ2) is 10.9. The Labute approximate surface area is 194 Å². The highest BCUT2D eigenvalue weighted by atomic mass is 16.5. The Bertz CT molecular complexity index is 1220. The van der Waals surface area contributed by atoms with Crippen LogP contribution < -0.4 is 9.30 Å². The Morgan fingerprint density at radius 1 is 0.909 bits per heavy atom. The van der Waals surface area contributed by atoms with Crippen molar-refractivity contribution in [3.63, 3.8) is 0 Å². The van der Waals surface area contributed by atoms with Gasteiger partial charge in [0.05, 0.1) is 30.4 Å². The molecule has 2 aromatic carbocycles. The zero-order valence-electron chi connectivity index (χ0n) is 18.8. The van der Waals surface area contributed by atoms with E-state index in [0.717, 1.165) is 41.2 Å². The van der Waals surface area contributed by atoms with Gasteiger partial charge in [0.1, 0.15) is 12.8 Å². The third kappa shape index (κ3) is 6.40. The minimum absolute atomic E-state index is 0.770. The Hall–Kier alpha value is -4.19. The van der Waals surface area contributed by atoms with Gasteiger partial charge >= 0.3 is 0 Å². The summed E-state index contributed by atoms with van der Waals surface area (Å²) in [7, 11) is 3.66. The van der Waals surface area contributed by atoms with Crippen molar-refractivity contribution in [3.8, 4) is 5.75 Å². The molecule has 0 fully saturated rings. The van der Waals surface area contributed by atoms with Gasteiger partial charge in [-0.25, -0.2) is 4.57 Å². The molecule has 33 heavy (non-hydrogen) atoms. The number of benzene rings is 2. The average Bonchev–Trinajstić information content (AvgIpc) is 2.86. The third-order valence-electron chi connectivity index (χ3n) is 5.19. The molecule has 0 amide bonds. The molecule has 1 aromatic heterocycles. The number of methoxy groups -OCH3 is 1. The standard InChI is InChI=1S/C27H26N5O/c1-32-17-15-21(16-18-32)19-23-5-3-4-6-27(23)31-28-20-22-7-9-24(10-8-22)29-30-25-11-13-26(33-2)14-12-25/h3-5,7-18,20H,6,19H2,1-2H3/q+1/b28-20+,30-29?,31-27-. The molecule has 0 spiro atoms. The number of hydrogen-bond donors (Lipinski definition) is 0. The smallest absolute Gasteiger partial charge is 0.168 e. The van der Waals surface area contributed by atoms with Gasteiger partial charge in [0.2, 0.25) is 0 Å². The average molecular weight is 437 g/mol. The molecule has 0 saturated carbocycles. The maximum absolute atomic E-state index is 5.15. The molecule has 0 bridgehead atoms. The molecule has 6 heteroatoms. The van der Waals surface area contributed by atoms with E-state index in [1.54, 1.807) is 13.3 Å². The van der Waals surface area contributed by atoms with Gasteiger partial charge in [-0.05, 0) is 59.5 Å². The summed E-state index contributed by atoms with van der Waals surface area (Å²) in [6.07, 6.45) is 13.8. The van der Waals surface area contributed by atoms with Crippen molar-refractivity contribution in [3.05, 3.63) is 108 Å². The van der Waals surface area contributed by atoms with E-state index in [0.29, 0.717) is 0 Å². The number of aromatic nitrogens is 1. The molecule has 0 atom stereocenters. The van der Waals surface area contributed by atoms with Gasteiger partial charge in [-0.1, -0.05) is 30.4 Å². The van der Waals surface area contributed by atoms with E-state index >= 15 is 0 Å². The first kappa shape index (κ1) is 22.0. The number of nitrogens with zero attached hydrogens (tertiary/aromatic N) is 5. The molecule has 0 aliphatic heterocycles. The molecular formula is C27H26N5O+. The zero-order valence-corrected chi connectivity index (χ0v) is 18.8. The molecule has 6 nitrogen and oxygen atoms in total. The molecule has 0 saturated heterocycles. The van der Waals surface area contributed by atoms with Gasteiger partial charge in [0.25, 0.3) is 0 Å². The Morgan fingerprint density at radius 2 is 1.58 bits per heavy atom. The second-order valence-electron chi connectivity index (χ2n) is 7.65. The van der Waals surface area contributed by atoms with Crippen LogP contribution in [-0.2, 0) is 13.5 Å². The number of ether oxygens (including phenoxy) is 1. The van der Waals surface area contributed by atoms with Crippen molar-refractivity contribution in [2.45, 2.75) is 12.8 Å². The topological polar surface area (TPSA) is 62.6 Å². The van der Waals surface area contributed by atoms with E-state index in [9.17, 15) is 0 Å².